The maximum atomic E-state index is 11.5. The Hall–Kier alpha value is -1.20. The minimum Gasteiger partial charge on any atom is -0.372 e. The van der Waals surface area contributed by atoms with Gasteiger partial charge in [0.1, 0.15) is 12.4 Å². The number of imidazole rings is 1. The van der Waals surface area contributed by atoms with E-state index in [1.807, 2.05) is 10.8 Å². The molecule has 1 aromatic heterocycles. The van der Waals surface area contributed by atoms with Gasteiger partial charge in [-0.2, -0.15) is 0 Å². The normalized spacial score (nSPS) is 10.6. The summed E-state index contributed by atoms with van der Waals surface area (Å²) in [5.41, 5.74) is 5.26. The highest BCUT2D eigenvalue weighted by atomic mass is 16.5. The lowest BCUT2D eigenvalue weighted by Crippen LogP contribution is -2.18. The zero-order chi connectivity index (χ0) is 11.8. The third kappa shape index (κ3) is 4.12. The van der Waals surface area contributed by atoms with Crippen LogP contribution in [0.3, 0.4) is 0 Å². The van der Waals surface area contributed by atoms with Gasteiger partial charge in [0, 0.05) is 25.5 Å². The van der Waals surface area contributed by atoms with Crippen LogP contribution in [0.1, 0.15) is 19.2 Å². The minimum atomic E-state index is 0.0389. The summed E-state index contributed by atoms with van der Waals surface area (Å²) in [5, 5.41) is 0. The predicted molar refractivity (Wildman–Crippen MR) is 61.1 cm³/mol. The van der Waals surface area contributed by atoms with Crippen molar-refractivity contribution in [3.05, 3.63) is 18.2 Å². The van der Waals surface area contributed by atoms with Crippen molar-refractivity contribution in [2.45, 2.75) is 26.3 Å². The van der Waals surface area contributed by atoms with Gasteiger partial charge in [-0.05, 0) is 6.42 Å². The second-order valence-corrected chi connectivity index (χ2v) is 3.59. The summed E-state index contributed by atoms with van der Waals surface area (Å²) in [7, 11) is 0. The number of aryl methyl sites for hydroxylation is 1. The van der Waals surface area contributed by atoms with E-state index in [0.29, 0.717) is 19.6 Å². The third-order valence-electron chi connectivity index (χ3n) is 2.15. The van der Waals surface area contributed by atoms with E-state index in [9.17, 15) is 4.79 Å². The van der Waals surface area contributed by atoms with Crippen molar-refractivity contribution in [2.75, 3.05) is 19.8 Å². The second kappa shape index (κ2) is 7.14. The molecule has 0 fully saturated rings. The molecule has 0 saturated carbocycles. The fourth-order valence-electron chi connectivity index (χ4n) is 1.45. The molecule has 0 saturated heterocycles. The quantitative estimate of drug-likeness (QED) is 0.649. The van der Waals surface area contributed by atoms with Gasteiger partial charge < -0.3 is 15.0 Å². The second-order valence-electron chi connectivity index (χ2n) is 3.59. The Bertz CT molecular complexity index is 323. The molecule has 0 aliphatic carbocycles. The fraction of sp³-hybridized carbons (Fsp3) is 0.636. The summed E-state index contributed by atoms with van der Waals surface area (Å²) in [6, 6.07) is 0. The number of ketones is 1. The molecular formula is C11H19N3O2. The topological polar surface area (TPSA) is 70.1 Å². The Morgan fingerprint density at radius 2 is 2.44 bits per heavy atom. The molecule has 0 spiro atoms. The zero-order valence-electron chi connectivity index (χ0n) is 9.69. The number of rotatable bonds is 8. The molecule has 0 radical (unpaired) electrons. The van der Waals surface area contributed by atoms with Crippen molar-refractivity contribution in [2.24, 2.45) is 5.73 Å². The molecule has 1 heterocycles. The van der Waals surface area contributed by atoms with Crippen molar-refractivity contribution >= 4 is 5.78 Å². The van der Waals surface area contributed by atoms with E-state index in [1.54, 1.807) is 6.20 Å². The molecule has 5 nitrogen and oxygen atoms in total. The van der Waals surface area contributed by atoms with Crippen LogP contribution < -0.4 is 5.73 Å². The smallest absolute Gasteiger partial charge is 0.165 e. The van der Waals surface area contributed by atoms with E-state index >= 15 is 0 Å². The highest BCUT2D eigenvalue weighted by Gasteiger charge is 2.08. The number of carbonyl (C=O) groups excluding carboxylic acids is 1. The van der Waals surface area contributed by atoms with Crippen LogP contribution >= 0.6 is 0 Å². The number of aromatic nitrogens is 2. The molecule has 90 valence electrons. The molecule has 2 N–H and O–H groups in total. The Kier molecular flexibility index (Phi) is 5.74. The molecule has 0 amide bonds. The van der Waals surface area contributed by atoms with Crippen molar-refractivity contribution in [3.8, 4) is 0 Å². The Morgan fingerprint density at radius 3 is 3.12 bits per heavy atom. The lowest BCUT2D eigenvalue weighted by Gasteiger charge is -2.05. The molecule has 0 bridgehead atoms. The number of nitrogens with two attached hydrogens (primary N) is 1. The first-order chi connectivity index (χ1) is 7.77. The molecule has 0 atom stereocenters. The number of carbonyl (C=O) groups is 1. The lowest BCUT2D eigenvalue weighted by atomic mass is 10.3. The van der Waals surface area contributed by atoms with Crippen LogP contribution in [-0.2, 0) is 22.5 Å². The van der Waals surface area contributed by atoms with Gasteiger partial charge in [-0.3, -0.25) is 4.79 Å². The monoisotopic (exact) mass is 225 g/mol. The third-order valence-corrected chi connectivity index (χ3v) is 2.15. The summed E-state index contributed by atoms with van der Waals surface area (Å²) in [6.45, 7) is 3.98. The van der Waals surface area contributed by atoms with Crippen LogP contribution in [0.4, 0.5) is 0 Å². The molecule has 0 unspecified atom stereocenters. The number of ether oxygens (including phenoxy) is 1. The average Bonchev–Trinajstić information content (AvgIpc) is 2.67. The molecule has 1 aromatic rings. The summed E-state index contributed by atoms with van der Waals surface area (Å²) in [5.74, 6) is 0.847. The van der Waals surface area contributed by atoms with E-state index in [4.69, 9.17) is 10.5 Å². The number of Topliss-reactive ketones (excluding diaryl/α,β-unsaturated/α-hetero) is 1. The number of hydrogen-bond acceptors (Lipinski definition) is 4. The van der Waals surface area contributed by atoms with Crippen molar-refractivity contribution in [1.29, 1.82) is 0 Å². The average molecular weight is 225 g/mol. The van der Waals surface area contributed by atoms with Crippen LogP contribution in [0.25, 0.3) is 0 Å². The van der Waals surface area contributed by atoms with Crippen LogP contribution in [0.5, 0.6) is 0 Å². The van der Waals surface area contributed by atoms with Gasteiger partial charge >= 0.3 is 0 Å². The van der Waals surface area contributed by atoms with E-state index in [0.717, 1.165) is 18.8 Å². The van der Waals surface area contributed by atoms with E-state index < -0.39 is 0 Å². The zero-order valence-corrected chi connectivity index (χ0v) is 9.69. The highest BCUT2D eigenvalue weighted by molar-refractivity contribution is 5.81. The lowest BCUT2D eigenvalue weighted by molar-refractivity contribution is -0.122. The SMILES string of the molecule is CCCn1ccnc1CC(=O)COCCN. The van der Waals surface area contributed by atoms with Crippen molar-refractivity contribution in [1.82, 2.24) is 9.55 Å². The molecule has 1 rings (SSSR count). The molecule has 0 aromatic carbocycles. The summed E-state index contributed by atoms with van der Waals surface area (Å²) >= 11 is 0. The first kappa shape index (κ1) is 12.9. The van der Waals surface area contributed by atoms with Crippen LogP contribution in [0.2, 0.25) is 0 Å². The fourth-order valence-corrected chi connectivity index (χ4v) is 1.45. The number of nitrogens with zero attached hydrogens (tertiary/aromatic N) is 2. The van der Waals surface area contributed by atoms with Gasteiger partial charge in [0.15, 0.2) is 5.78 Å². The molecule has 16 heavy (non-hydrogen) atoms. The Balaban J connectivity index is 2.39. The molecular weight excluding hydrogens is 206 g/mol. The standard InChI is InChI=1S/C11H19N3O2/c1-2-5-14-6-4-13-11(14)8-10(15)9-16-7-3-12/h4,6H,2-3,5,7-9,12H2,1H3. The molecule has 5 heteroatoms. The maximum Gasteiger partial charge on any atom is 0.165 e. The van der Waals surface area contributed by atoms with Crippen LogP contribution in [0.15, 0.2) is 12.4 Å². The van der Waals surface area contributed by atoms with Gasteiger partial charge in [0.05, 0.1) is 13.0 Å². The molecule has 0 aliphatic rings. The van der Waals surface area contributed by atoms with Crippen LogP contribution in [-0.4, -0.2) is 35.1 Å². The number of hydrogen-bond donors (Lipinski definition) is 1. The van der Waals surface area contributed by atoms with Gasteiger partial charge in [-0.1, -0.05) is 6.92 Å². The Labute approximate surface area is 95.6 Å². The van der Waals surface area contributed by atoms with Crippen molar-refractivity contribution in [3.63, 3.8) is 0 Å². The summed E-state index contributed by atoms with van der Waals surface area (Å²) < 4.78 is 7.08. The van der Waals surface area contributed by atoms with E-state index in [1.165, 1.54) is 0 Å². The molecule has 0 aliphatic heterocycles. The van der Waals surface area contributed by atoms with Gasteiger partial charge in [0.2, 0.25) is 0 Å². The Morgan fingerprint density at radius 1 is 1.62 bits per heavy atom. The minimum absolute atomic E-state index is 0.0389. The van der Waals surface area contributed by atoms with Gasteiger partial charge in [0.25, 0.3) is 0 Å². The summed E-state index contributed by atoms with van der Waals surface area (Å²) in [6.07, 6.45) is 4.98. The largest absolute Gasteiger partial charge is 0.372 e. The van der Waals surface area contributed by atoms with Gasteiger partial charge in [-0.25, -0.2) is 4.98 Å². The van der Waals surface area contributed by atoms with Gasteiger partial charge in [-0.15, -0.1) is 0 Å². The van der Waals surface area contributed by atoms with Crippen molar-refractivity contribution < 1.29 is 9.53 Å². The predicted octanol–water partition coefficient (Wildman–Crippen LogP) is 0.380. The van der Waals surface area contributed by atoms with Crippen LogP contribution in [0, 0.1) is 0 Å². The van der Waals surface area contributed by atoms with E-state index in [-0.39, 0.29) is 12.4 Å². The first-order valence-electron chi connectivity index (χ1n) is 5.57. The first-order valence-corrected chi connectivity index (χ1v) is 5.57. The maximum absolute atomic E-state index is 11.5. The summed E-state index contributed by atoms with van der Waals surface area (Å²) in [4.78, 5) is 15.7. The highest BCUT2D eigenvalue weighted by Crippen LogP contribution is 2.01. The van der Waals surface area contributed by atoms with E-state index in [2.05, 4.69) is 11.9 Å².